The van der Waals surface area contributed by atoms with E-state index in [-0.39, 0.29) is 5.91 Å². The van der Waals surface area contributed by atoms with E-state index in [2.05, 4.69) is 16.6 Å². The Morgan fingerprint density at radius 3 is 2.94 bits per heavy atom. The van der Waals surface area contributed by atoms with E-state index in [1.54, 1.807) is 0 Å². The van der Waals surface area contributed by atoms with Crippen molar-refractivity contribution >= 4 is 5.91 Å². The van der Waals surface area contributed by atoms with Crippen LogP contribution in [0.1, 0.15) is 25.7 Å². The van der Waals surface area contributed by atoms with Crippen molar-refractivity contribution in [3.05, 3.63) is 0 Å². The Hall–Kier alpha value is -1.05. The van der Waals surface area contributed by atoms with E-state index >= 15 is 0 Å². The SMILES string of the molecule is C#CCCC(=O)NCCOC1CCNCC1. The summed E-state index contributed by atoms with van der Waals surface area (Å²) in [4.78, 5) is 11.2. The van der Waals surface area contributed by atoms with E-state index in [1.807, 2.05) is 0 Å². The Morgan fingerprint density at radius 2 is 2.25 bits per heavy atom. The molecule has 0 bridgehead atoms. The lowest BCUT2D eigenvalue weighted by molar-refractivity contribution is -0.121. The third-order valence-electron chi connectivity index (χ3n) is 2.56. The number of ether oxygens (including phenoxy) is 1. The van der Waals surface area contributed by atoms with E-state index < -0.39 is 0 Å². The van der Waals surface area contributed by atoms with Crippen LogP contribution in [0.4, 0.5) is 0 Å². The normalized spacial score (nSPS) is 16.7. The average Bonchev–Trinajstić information content (AvgIpc) is 2.33. The molecule has 0 aromatic heterocycles. The molecule has 0 aromatic carbocycles. The lowest BCUT2D eigenvalue weighted by atomic mass is 10.1. The fourth-order valence-corrected chi connectivity index (χ4v) is 1.65. The first-order valence-electron chi connectivity index (χ1n) is 5.85. The molecule has 16 heavy (non-hydrogen) atoms. The van der Waals surface area contributed by atoms with Gasteiger partial charge in [0.1, 0.15) is 0 Å². The molecule has 1 aliphatic rings. The minimum absolute atomic E-state index is 0.00635. The molecule has 1 saturated heterocycles. The molecule has 0 saturated carbocycles. The highest BCUT2D eigenvalue weighted by Crippen LogP contribution is 2.06. The molecule has 1 fully saturated rings. The number of carbonyl (C=O) groups is 1. The van der Waals surface area contributed by atoms with Gasteiger partial charge in [0, 0.05) is 19.4 Å². The smallest absolute Gasteiger partial charge is 0.221 e. The summed E-state index contributed by atoms with van der Waals surface area (Å²) >= 11 is 0. The molecule has 90 valence electrons. The van der Waals surface area contributed by atoms with Crippen molar-refractivity contribution in [1.29, 1.82) is 0 Å². The standard InChI is InChI=1S/C12H20N2O2/c1-2-3-4-12(15)14-9-10-16-11-5-7-13-8-6-11/h1,11,13H,3-10H2,(H,14,15). The summed E-state index contributed by atoms with van der Waals surface area (Å²) in [7, 11) is 0. The molecule has 1 aliphatic heterocycles. The molecule has 4 heteroatoms. The van der Waals surface area contributed by atoms with Gasteiger partial charge in [-0.1, -0.05) is 0 Å². The molecule has 1 heterocycles. The zero-order valence-corrected chi connectivity index (χ0v) is 9.63. The van der Waals surface area contributed by atoms with Gasteiger partial charge >= 0.3 is 0 Å². The van der Waals surface area contributed by atoms with Crippen LogP contribution in [-0.2, 0) is 9.53 Å². The number of amides is 1. The van der Waals surface area contributed by atoms with E-state index in [4.69, 9.17) is 11.2 Å². The summed E-state index contributed by atoms with van der Waals surface area (Å²) in [5.41, 5.74) is 0. The summed E-state index contributed by atoms with van der Waals surface area (Å²) in [6.07, 6.45) is 8.45. The van der Waals surface area contributed by atoms with Crippen LogP contribution in [0.2, 0.25) is 0 Å². The Labute approximate surface area is 97.1 Å². The van der Waals surface area contributed by atoms with Gasteiger partial charge in [-0.15, -0.1) is 12.3 Å². The average molecular weight is 224 g/mol. The highest BCUT2D eigenvalue weighted by Gasteiger charge is 2.12. The van der Waals surface area contributed by atoms with Gasteiger partial charge in [-0.05, 0) is 25.9 Å². The van der Waals surface area contributed by atoms with Crippen molar-refractivity contribution < 1.29 is 9.53 Å². The summed E-state index contributed by atoms with van der Waals surface area (Å²) in [6, 6.07) is 0. The lowest BCUT2D eigenvalue weighted by Gasteiger charge is -2.22. The van der Waals surface area contributed by atoms with Gasteiger partial charge in [0.15, 0.2) is 0 Å². The number of hydrogen-bond donors (Lipinski definition) is 2. The molecular formula is C12H20N2O2. The summed E-state index contributed by atoms with van der Waals surface area (Å²) in [6.45, 7) is 3.22. The van der Waals surface area contributed by atoms with Crippen molar-refractivity contribution in [3.8, 4) is 12.3 Å². The van der Waals surface area contributed by atoms with E-state index in [9.17, 15) is 4.79 Å². The molecule has 0 aliphatic carbocycles. The third kappa shape index (κ3) is 5.74. The number of rotatable bonds is 6. The molecule has 1 rings (SSSR count). The second-order valence-electron chi connectivity index (χ2n) is 3.87. The number of piperidine rings is 1. The Morgan fingerprint density at radius 1 is 1.50 bits per heavy atom. The quantitative estimate of drug-likeness (QED) is 0.503. The zero-order chi connectivity index (χ0) is 11.6. The summed E-state index contributed by atoms with van der Waals surface area (Å²) in [5.74, 6) is 2.45. The lowest BCUT2D eigenvalue weighted by Crippen LogP contribution is -2.34. The molecule has 0 aromatic rings. The van der Waals surface area contributed by atoms with E-state index in [1.165, 1.54) is 0 Å². The zero-order valence-electron chi connectivity index (χ0n) is 9.63. The number of hydrogen-bond acceptors (Lipinski definition) is 3. The van der Waals surface area contributed by atoms with Crippen molar-refractivity contribution in [1.82, 2.24) is 10.6 Å². The molecule has 0 spiro atoms. The minimum Gasteiger partial charge on any atom is -0.376 e. The van der Waals surface area contributed by atoms with Gasteiger partial charge in [0.2, 0.25) is 5.91 Å². The van der Waals surface area contributed by atoms with Crippen LogP contribution in [0, 0.1) is 12.3 Å². The van der Waals surface area contributed by atoms with Gasteiger partial charge < -0.3 is 15.4 Å². The van der Waals surface area contributed by atoms with Gasteiger partial charge in [0.25, 0.3) is 0 Å². The Bertz CT molecular complexity index is 242. The Balaban J connectivity index is 1.94. The molecule has 4 nitrogen and oxygen atoms in total. The first-order valence-corrected chi connectivity index (χ1v) is 5.85. The molecule has 1 amide bonds. The predicted molar refractivity (Wildman–Crippen MR) is 62.9 cm³/mol. The number of terminal acetylenes is 1. The van der Waals surface area contributed by atoms with E-state index in [0.717, 1.165) is 25.9 Å². The highest BCUT2D eigenvalue weighted by atomic mass is 16.5. The van der Waals surface area contributed by atoms with Gasteiger partial charge in [-0.2, -0.15) is 0 Å². The van der Waals surface area contributed by atoms with Crippen molar-refractivity contribution in [2.45, 2.75) is 31.8 Å². The number of carbonyl (C=O) groups excluding carboxylic acids is 1. The third-order valence-corrected chi connectivity index (χ3v) is 2.56. The van der Waals surface area contributed by atoms with Crippen LogP contribution >= 0.6 is 0 Å². The number of nitrogens with one attached hydrogen (secondary N) is 2. The highest BCUT2D eigenvalue weighted by molar-refractivity contribution is 5.76. The molecule has 2 N–H and O–H groups in total. The van der Waals surface area contributed by atoms with Crippen LogP contribution in [0.5, 0.6) is 0 Å². The van der Waals surface area contributed by atoms with Crippen LogP contribution in [-0.4, -0.2) is 38.3 Å². The van der Waals surface area contributed by atoms with Gasteiger partial charge in [-0.3, -0.25) is 4.79 Å². The fraction of sp³-hybridized carbons (Fsp3) is 0.750. The second-order valence-corrected chi connectivity index (χ2v) is 3.87. The molecular weight excluding hydrogens is 204 g/mol. The summed E-state index contributed by atoms with van der Waals surface area (Å²) in [5, 5.41) is 6.06. The topological polar surface area (TPSA) is 50.4 Å². The maximum Gasteiger partial charge on any atom is 0.221 e. The first-order chi connectivity index (χ1) is 7.83. The van der Waals surface area contributed by atoms with Crippen LogP contribution < -0.4 is 10.6 Å². The minimum atomic E-state index is 0.00635. The first kappa shape index (κ1) is 13.0. The molecule has 0 unspecified atom stereocenters. The maximum absolute atomic E-state index is 11.2. The second kappa shape index (κ2) is 8.14. The Kier molecular flexibility index (Phi) is 6.62. The predicted octanol–water partition coefficient (Wildman–Crippen LogP) is 0.285. The van der Waals surface area contributed by atoms with E-state index in [0.29, 0.717) is 32.1 Å². The van der Waals surface area contributed by atoms with Crippen molar-refractivity contribution in [3.63, 3.8) is 0 Å². The van der Waals surface area contributed by atoms with Gasteiger partial charge in [-0.25, -0.2) is 0 Å². The van der Waals surface area contributed by atoms with Crippen LogP contribution in [0.15, 0.2) is 0 Å². The van der Waals surface area contributed by atoms with Crippen LogP contribution in [0.3, 0.4) is 0 Å². The van der Waals surface area contributed by atoms with Crippen LogP contribution in [0.25, 0.3) is 0 Å². The summed E-state index contributed by atoms with van der Waals surface area (Å²) < 4.78 is 5.64. The molecule has 0 atom stereocenters. The largest absolute Gasteiger partial charge is 0.376 e. The van der Waals surface area contributed by atoms with Crippen molar-refractivity contribution in [2.24, 2.45) is 0 Å². The van der Waals surface area contributed by atoms with Crippen molar-refractivity contribution in [2.75, 3.05) is 26.2 Å². The van der Waals surface area contributed by atoms with Gasteiger partial charge in [0.05, 0.1) is 12.7 Å². The monoisotopic (exact) mass is 224 g/mol. The molecule has 0 radical (unpaired) electrons. The fourth-order valence-electron chi connectivity index (χ4n) is 1.65. The maximum atomic E-state index is 11.2.